The van der Waals surface area contributed by atoms with Crippen LogP contribution in [0.4, 0.5) is 13.9 Å². The number of rotatable bonds is 3. The number of benzene rings is 1. The summed E-state index contributed by atoms with van der Waals surface area (Å²) in [5.74, 6) is -5.64. The Labute approximate surface area is 138 Å². The highest BCUT2D eigenvalue weighted by molar-refractivity contribution is 7.17. The third-order valence-electron chi connectivity index (χ3n) is 3.59. The minimum absolute atomic E-state index is 0.0352. The van der Waals surface area contributed by atoms with Gasteiger partial charge in [-0.05, 0) is 12.1 Å². The van der Waals surface area contributed by atoms with Gasteiger partial charge in [-0.25, -0.2) is 13.8 Å². The van der Waals surface area contributed by atoms with Gasteiger partial charge in [0.15, 0.2) is 22.5 Å². The van der Waals surface area contributed by atoms with Gasteiger partial charge in [-0.3, -0.25) is 19.7 Å². The zero-order valence-electron chi connectivity index (χ0n) is 12.0. The molecular weight excluding hydrogens is 342 g/mol. The molecule has 2 aromatic rings. The predicted octanol–water partition coefficient (Wildman–Crippen LogP) is 2.50. The van der Waals surface area contributed by atoms with Crippen molar-refractivity contribution < 1.29 is 28.3 Å². The van der Waals surface area contributed by atoms with E-state index in [0.29, 0.717) is 5.69 Å². The van der Waals surface area contributed by atoms with Gasteiger partial charge in [0, 0.05) is 12.8 Å². The van der Waals surface area contributed by atoms with Crippen LogP contribution in [0, 0.1) is 17.6 Å². The second kappa shape index (κ2) is 6.08. The second-order valence-electron chi connectivity index (χ2n) is 5.22. The van der Waals surface area contributed by atoms with Crippen molar-refractivity contribution >= 4 is 34.1 Å². The summed E-state index contributed by atoms with van der Waals surface area (Å²) < 4.78 is 26.8. The number of aliphatic carboxylic acids is 1. The molecule has 1 amide bonds. The highest BCUT2D eigenvalue weighted by Crippen LogP contribution is 2.32. The van der Waals surface area contributed by atoms with Crippen LogP contribution in [0.5, 0.6) is 0 Å². The lowest BCUT2D eigenvalue weighted by Gasteiger charge is -2.15. The SMILES string of the molecule is O=C(Nc1nc2c(s1)C(=O)CC(C(=O)O)C2)c1cccc(F)c1F. The number of Topliss-reactive ketones (excluding diaryl/α,β-unsaturated/α-hetero) is 1. The van der Waals surface area contributed by atoms with Gasteiger partial charge in [-0.15, -0.1) is 0 Å². The zero-order chi connectivity index (χ0) is 17.4. The number of carbonyl (C=O) groups excluding carboxylic acids is 2. The molecule has 1 aromatic carbocycles. The predicted molar refractivity (Wildman–Crippen MR) is 80.2 cm³/mol. The largest absolute Gasteiger partial charge is 0.481 e. The Hall–Kier alpha value is -2.68. The molecule has 2 N–H and O–H groups in total. The van der Waals surface area contributed by atoms with E-state index in [1.165, 1.54) is 6.07 Å². The number of anilines is 1. The number of hydrogen-bond donors (Lipinski definition) is 2. The maximum absolute atomic E-state index is 13.6. The Bertz CT molecular complexity index is 865. The highest BCUT2D eigenvalue weighted by Gasteiger charge is 2.33. The van der Waals surface area contributed by atoms with Crippen LogP contribution in [-0.4, -0.2) is 27.8 Å². The van der Waals surface area contributed by atoms with E-state index in [2.05, 4.69) is 10.3 Å². The van der Waals surface area contributed by atoms with Gasteiger partial charge in [-0.2, -0.15) is 0 Å². The van der Waals surface area contributed by atoms with Crippen molar-refractivity contribution in [2.75, 3.05) is 5.32 Å². The van der Waals surface area contributed by atoms with E-state index >= 15 is 0 Å². The average molecular weight is 352 g/mol. The second-order valence-corrected chi connectivity index (χ2v) is 6.22. The number of carbonyl (C=O) groups is 3. The number of halogens is 2. The van der Waals surface area contributed by atoms with Gasteiger partial charge in [0.2, 0.25) is 0 Å². The van der Waals surface area contributed by atoms with Crippen LogP contribution < -0.4 is 5.32 Å². The molecule has 1 heterocycles. The lowest BCUT2D eigenvalue weighted by molar-refractivity contribution is -0.141. The fraction of sp³-hybridized carbons (Fsp3) is 0.200. The van der Waals surface area contributed by atoms with E-state index in [-0.39, 0.29) is 28.6 Å². The Morgan fingerprint density at radius 1 is 1.29 bits per heavy atom. The van der Waals surface area contributed by atoms with Gasteiger partial charge in [-0.1, -0.05) is 17.4 Å². The van der Waals surface area contributed by atoms with Gasteiger partial charge in [0.1, 0.15) is 0 Å². The quantitative estimate of drug-likeness (QED) is 0.885. The number of ketones is 1. The van der Waals surface area contributed by atoms with Gasteiger partial charge < -0.3 is 5.11 Å². The van der Waals surface area contributed by atoms with Gasteiger partial charge >= 0.3 is 5.97 Å². The number of thiazole rings is 1. The molecule has 1 atom stereocenters. The first-order valence-corrected chi connectivity index (χ1v) is 7.69. The lowest BCUT2D eigenvalue weighted by Crippen LogP contribution is -2.25. The smallest absolute Gasteiger partial charge is 0.307 e. The number of carboxylic acid groups (broad SMARTS) is 1. The minimum Gasteiger partial charge on any atom is -0.481 e. The van der Waals surface area contributed by atoms with Crippen LogP contribution >= 0.6 is 11.3 Å². The number of hydrogen-bond acceptors (Lipinski definition) is 5. The van der Waals surface area contributed by atoms with Gasteiger partial charge in [0.25, 0.3) is 5.91 Å². The number of carboxylic acids is 1. The first-order valence-electron chi connectivity index (χ1n) is 6.88. The summed E-state index contributed by atoms with van der Waals surface area (Å²) in [5.41, 5.74) is -0.198. The van der Waals surface area contributed by atoms with Crippen molar-refractivity contribution in [2.45, 2.75) is 12.8 Å². The molecule has 6 nitrogen and oxygen atoms in total. The van der Waals surface area contributed by atoms with Crippen molar-refractivity contribution in [3.05, 3.63) is 46.0 Å². The van der Waals surface area contributed by atoms with E-state index in [0.717, 1.165) is 23.5 Å². The number of amides is 1. The lowest BCUT2D eigenvalue weighted by atomic mass is 9.90. The van der Waals surface area contributed by atoms with E-state index < -0.39 is 35.0 Å². The molecule has 3 rings (SSSR count). The first kappa shape index (κ1) is 16.2. The molecule has 0 radical (unpaired) electrons. The summed E-state index contributed by atoms with van der Waals surface area (Å²) in [6.45, 7) is 0. The first-order chi connectivity index (χ1) is 11.4. The Kier molecular flexibility index (Phi) is 4.10. The summed E-state index contributed by atoms with van der Waals surface area (Å²) in [5, 5.41) is 11.4. The van der Waals surface area contributed by atoms with E-state index in [1.807, 2.05) is 0 Å². The highest BCUT2D eigenvalue weighted by atomic mass is 32.1. The van der Waals surface area contributed by atoms with Crippen LogP contribution in [0.3, 0.4) is 0 Å². The summed E-state index contributed by atoms with van der Waals surface area (Å²) in [7, 11) is 0. The van der Waals surface area contributed by atoms with E-state index in [1.54, 1.807) is 0 Å². The molecule has 0 fully saturated rings. The molecule has 0 saturated heterocycles. The third kappa shape index (κ3) is 2.90. The average Bonchev–Trinajstić information content (AvgIpc) is 2.92. The Morgan fingerprint density at radius 2 is 2.04 bits per heavy atom. The fourth-order valence-corrected chi connectivity index (χ4v) is 3.34. The molecule has 1 unspecified atom stereocenters. The summed E-state index contributed by atoms with van der Waals surface area (Å²) in [4.78, 5) is 39.3. The van der Waals surface area contributed by atoms with Crippen molar-refractivity contribution in [1.29, 1.82) is 0 Å². The summed E-state index contributed by atoms with van der Waals surface area (Å²) in [6.07, 6.45) is -0.0481. The van der Waals surface area contributed by atoms with Crippen LogP contribution in [-0.2, 0) is 11.2 Å². The third-order valence-corrected chi connectivity index (χ3v) is 4.64. The molecule has 9 heteroatoms. The molecule has 1 aliphatic rings. The monoisotopic (exact) mass is 352 g/mol. The molecule has 24 heavy (non-hydrogen) atoms. The molecular formula is C15H10F2N2O4S. The van der Waals surface area contributed by atoms with Crippen molar-refractivity contribution in [2.24, 2.45) is 5.92 Å². The fourth-order valence-electron chi connectivity index (χ4n) is 2.40. The van der Waals surface area contributed by atoms with Gasteiger partial charge in [0.05, 0.1) is 22.1 Å². The maximum atomic E-state index is 13.6. The normalized spacial score (nSPS) is 16.6. The molecule has 0 spiro atoms. The van der Waals surface area contributed by atoms with Crippen molar-refractivity contribution in [1.82, 2.24) is 4.98 Å². The van der Waals surface area contributed by atoms with Crippen LogP contribution in [0.2, 0.25) is 0 Å². The summed E-state index contributed by atoms with van der Waals surface area (Å²) >= 11 is 0.889. The number of nitrogens with one attached hydrogen (secondary N) is 1. The zero-order valence-corrected chi connectivity index (χ0v) is 12.8. The molecule has 1 aromatic heterocycles. The Morgan fingerprint density at radius 3 is 2.75 bits per heavy atom. The van der Waals surface area contributed by atoms with Crippen molar-refractivity contribution in [3.8, 4) is 0 Å². The van der Waals surface area contributed by atoms with Crippen LogP contribution in [0.25, 0.3) is 0 Å². The number of aromatic nitrogens is 1. The maximum Gasteiger partial charge on any atom is 0.307 e. The van der Waals surface area contributed by atoms with Crippen LogP contribution in [0.1, 0.15) is 32.1 Å². The number of fused-ring (bicyclic) bond motifs is 1. The summed E-state index contributed by atoms with van der Waals surface area (Å²) in [6, 6.07) is 3.20. The minimum atomic E-state index is -1.28. The molecule has 124 valence electrons. The molecule has 0 saturated carbocycles. The molecule has 0 bridgehead atoms. The number of nitrogens with zero attached hydrogens (tertiary/aromatic N) is 1. The Balaban J connectivity index is 1.84. The topological polar surface area (TPSA) is 96.4 Å². The van der Waals surface area contributed by atoms with E-state index in [9.17, 15) is 23.2 Å². The molecule has 1 aliphatic carbocycles. The standard InChI is InChI=1S/C15H10F2N2O4S/c16-8-3-1-2-7(11(8)17)13(21)19-15-18-9-4-6(14(22)23)5-10(20)12(9)24-15/h1-3,6H,4-5H2,(H,22,23)(H,18,19,21). The van der Waals surface area contributed by atoms with Crippen molar-refractivity contribution in [3.63, 3.8) is 0 Å². The van der Waals surface area contributed by atoms with E-state index in [4.69, 9.17) is 5.11 Å². The van der Waals surface area contributed by atoms with Crippen LogP contribution in [0.15, 0.2) is 18.2 Å². The molecule has 0 aliphatic heterocycles.